The predicted octanol–water partition coefficient (Wildman–Crippen LogP) is 4.72. The number of para-hydroxylation sites is 2. The van der Waals surface area contributed by atoms with E-state index in [1.807, 2.05) is 24.3 Å². The van der Waals surface area contributed by atoms with E-state index in [-0.39, 0.29) is 11.4 Å². The number of benzene rings is 2. The second kappa shape index (κ2) is 5.75. The van der Waals surface area contributed by atoms with E-state index in [0.29, 0.717) is 9.90 Å². The topological polar surface area (TPSA) is 72.2 Å². The Kier molecular flexibility index (Phi) is 3.79. The van der Waals surface area contributed by atoms with Crippen molar-refractivity contribution in [2.45, 2.75) is 0 Å². The monoisotopic (exact) mass is 332 g/mol. The Morgan fingerprint density at radius 3 is 2.55 bits per heavy atom. The smallest absolute Gasteiger partial charge is 0.292 e. The van der Waals surface area contributed by atoms with Gasteiger partial charge in [-0.25, -0.2) is 0 Å². The molecular weight excluding hydrogens is 324 g/mol. The average Bonchev–Trinajstić information content (AvgIpc) is 2.85. The Bertz CT molecular complexity index is 891. The molecule has 0 atom stereocenters. The molecule has 3 aromatic rings. The van der Waals surface area contributed by atoms with Crippen molar-refractivity contribution < 1.29 is 9.72 Å². The number of carbonyl (C=O) groups is 1. The Labute approximate surface area is 134 Å². The Morgan fingerprint density at radius 1 is 1.14 bits per heavy atom. The minimum atomic E-state index is -0.540. The highest BCUT2D eigenvalue weighted by molar-refractivity contribution is 7.21. The highest BCUT2D eigenvalue weighted by Gasteiger charge is 2.20. The molecular formula is C15H9ClN2O3S. The van der Waals surface area contributed by atoms with E-state index in [9.17, 15) is 14.9 Å². The van der Waals surface area contributed by atoms with Crippen LogP contribution in [0.4, 0.5) is 11.4 Å². The lowest BCUT2D eigenvalue weighted by Crippen LogP contribution is -2.12. The fourth-order valence-electron chi connectivity index (χ4n) is 2.08. The molecule has 1 aromatic heterocycles. The van der Waals surface area contributed by atoms with Crippen LogP contribution in [0, 0.1) is 10.1 Å². The van der Waals surface area contributed by atoms with E-state index >= 15 is 0 Å². The van der Waals surface area contributed by atoms with E-state index in [0.717, 1.165) is 10.1 Å². The van der Waals surface area contributed by atoms with Crippen LogP contribution in [0.3, 0.4) is 0 Å². The summed E-state index contributed by atoms with van der Waals surface area (Å²) in [6, 6.07) is 13.4. The molecule has 0 bridgehead atoms. The van der Waals surface area contributed by atoms with Crippen LogP contribution in [0.5, 0.6) is 0 Å². The molecule has 2 aromatic carbocycles. The molecule has 0 saturated heterocycles. The van der Waals surface area contributed by atoms with E-state index in [2.05, 4.69) is 5.32 Å². The molecule has 0 fully saturated rings. The van der Waals surface area contributed by atoms with Crippen molar-refractivity contribution in [3.63, 3.8) is 0 Å². The standard InChI is InChI=1S/C15H9ClN2O3S/c16-13-9-5-1-4-8-12(9)22-14(13)15(19)17-10-6-2-3-7-11(10)18(20)21/h1-8H,(H,17,19). The SMILES string of the molecule is O=C(Nc1ccccc1[N+](=O)[O-])c1sc2ccccc2c1Cl. The minimum absolute atomic E-state index is 0.144. The van der Waals surface area contributed by atoms with Crippen LogP contribution in [-0.2, 0) is 0 Å². The lowest BCUT2D eigenvalue weighted by Gasteiger charge is -2.04. The number of nitro groups is 1. The van der Waals surface area contributed by atoms with Crippen molar-refractivity contribution >= 4 is 50.3 Å². The largest absolute Gasteiger partial charge is 0.315 e. The van der Waals surface area contributed by atoms with E-state index < -0.39 is 10.8 Å². The van der Waals surface area contributed by atoms with Crippen molar-refractivity contribution in [3.05, 3.63) is 68.5 Å². The zero-order valence-electron chi connectivity index (χ0n) is 11.1. The van der Waals surface area contributed by atoms with E-state index in [1.165, 1.54) is 23.5 Å². The van der Waals surface area contributed by atoms with Gasteiger partial charge in [0, 0.05) is 16.2 Å². The second-order valence-electron chi connectivity index (χ2n) is 4.47. The number of nitrogens with zero attached hydrogens (tertiary/aromatic N) is 1. The van der Waals surface area contributed by atoms with Crippen LogP contribution in [-0.4, -0.2) is 10.8 Å². The second-order valence-corrected chi connectivity index (χ2v) is 5.90. The molecule has 1 amide bonds. The van der Waals surface area contributed by atoms with Crippen LogP contribution in [0.15, 0.2) is 48.5 Å². The van der Waals surface area contributed by atoms with Crippen molar-refractivity contribution in [1.82, 2.24) is 0 Å². The summed E-state index contributed by atoms with van der Waals surface area (Å²) in [5, 5.41) is 14.7. The number of anilines is 1. The molecule has 0 aliphatic rings. The summed E-state index contributed by atoms with van der Waals surface area (Å²) in [5.41, 5.74) is -0.0147. The predicted molar refractivity (Wildman–Crippen MR) is 87.9 cm³/mol. The number of rotatable bonds is 3. The molecule has 22 heavy (non-hydrogen) atoms. The quantitative estimate of drug-likeness (QED) is 0.557. The van der Waals surface area contributed by atoms with Gasteiger partial charge < -0.3 is 5.32 Å². The van der Waals surface area contributed by atoms with Gasteiger partial charge in [-0.3, -0.25) is 14.9 Å². The zero-order chi connectivity index (χ0) is 15.7. The Hall–Kier alpha value is -2.44. The fourth-order valence-corrected chi connectivity index (χ4v) is 3.49. The Morgan fingerprint density at radius 2 is 1.82 bits per heavy atom. The van der Waals surface area contributed by atoms with Gasteiger partial charge in [0.15, 0.2) is 0 Å². The fraction of sp³-hybridized carbons (Fsp3) is 0. The van der Waals surface area contributed by atoms with Gasteiger partial charge >= 0.3 is 0 Å². The molecule has 1 heterocycles. The maximum atomic E-state index is 12.4. The molecule has 0 spiro atoms. The van der Waals surface area contributed by atoms with Crippen molar-refractivity contribution in [3.8, 4) is 0 Å². The van der Waals surface area contributed by atoms with Crippen LogP contribution in [0.2, 0.25) is 5.02 Å². The summed E-state index contributed by atoms with van der Waals surface area (Å²) < 4.78 is 0.889. The number of halogens is 1. The van der Waals surface area contributed by atoms with Gasteiger partial charge in [-0.1, -0.05) is 41.9 Å². The first-order chi connectivity index (χ1) is 10.6. The number of carbonyl (C=O) groups excluding carboxylic acids is 1. The molecule has 0 saturated carbocycles. The van der Waals surface area contributed by atoms with E-state index in [4.69, 9.17) is 11.6 Å². The molecule has 1 N–H and O–H groups in total. The Balaban J connectivity index is 1.98. The van der Waals surface area contributed by atoms with Crippen molar-refractivity contribution in [1.29, 1.82) is 0 Å². The van der Waals surface area contributed by atoms with Crippen molar-refractivity contribution in [2.75, 3.05) is 5.32 Å². The third-order valence-corrected chi connectivity index (χ3v) is 4.76. The molecule has 110 valence electrons. The first-order valence-electron chi connectivity index (χ1n) is 6.29. The molecule has 3 rings (SSSR count). The molecule has 0 aliphatic carbocycles. The van der Waals surface area contributed by atoms with Gasteiger partial charge in [0.25, 0.3) is 11.6 Å². The number of amides is 1. The van der Waals surface area contributed by atoms with Crippen LogP contribution in [0.25, 0.3) is 10.1 Å². The lowest BCUT2D eigenvalue weighted by atomic mass is 10.2. The summed E-state index contributed by atoms with van der Waals surface area (Å²) in [6.07, 6.45) is 0. The van der Waals surface area contributed by atoms with Gasteiger partial charge in [0.05, 0.1) is 9.95 Å². The first-order valence-corrected chi connectivity index (χ1v) is 7.49. The summed E-state index contributed by atoms with van der Waals surface area (Å²) in [4.78, 5) is 23.1. The zero-order valence-corrected chi connectivity index (χ0v) is 12.6. The maximum Gasteiger partial charge on any atom is 0.292 e. The van der Waals surface area contributed by atoms with Crippen LogP contribution in [0.1, 0.15) is 9.67 Å². The summed E-state index contributed by atoms with van der Waals surface area (Å²) in [7, 11) is 0. The van der Waals surface area contributed by atoms with Crippen LogP contribution < -0.4 is 5.32 Å². The van der Waals surface area contributed by atoms with Crippen molar-refractivity contribution in [2.24, 2.45) is 0 Å². The lowest BCUT2D eigenvalue weighted by molar-refractivity contribution is -0.383. The number of hydrogen-bond acceptors (Lipinski definition) is 4. The van der Waals surface area contributed by atoms with Gasteiger partial charge in [-0.15, -0.1) is 11.3 Å². The first kappa shape index (κ1) is 14.5. The van der Waals surface area contributed by atoms with Gasteiger partial charge in [0.2, 0.25) is 0 Å². The number of thiophene rings is 1. The highest BCUT2D eigenvalue weighted by Crippen LogP contribution is 2.36. The van der Waals surface area contributed by atoms with E-state index in [1.54, 1.807) is 12.1 Å². The average molecular weight is 333 g/mol. The third kappa shape index (κ3) is 2.54. The third-order valence-electron chi connectivity index (χ3n) is 3.09. The summed E-state index contributed by atoms with van der Waals surface area (Å²) >= 11 is 7.49. The number of nitrogens with one attached hydrogen (secondary N) is 1. The molecule has 0 radical (unpaired) electrons. The summed E-state index contributed by atoms with van der Waals surface area (Å²) in [6.45, 7) is 0. The molecule has 0 unspecified atom stereocenters. The maximum absolute atomic E-state index is 12.4. The molecule has 7 heteroatoms. The number of nitro benzene ring substituents is 1. The highest BCUT2D eigenvalue weighted by atomic mass is 35.5. The normalized spacial score (nSPS) is 10.6. The van der Waals surface area contributed by atoms with Gasteiger partial charge in [0.1, 0.15) is 10.6 Å². The molecule has 0 aliphatic heterocycles. The van der Waals surface area contributed by atoms with Crippen LogP contribution >= 0.6 is 22.9 Å². The molecule has 5 nitrogen and oxygen atoms in total. The van der Waals surface area contributed by atoms with Gasteiger partial charge in [-0.05, 0) is 12.1 Å². The van der Waals surface area contributed by atoms with Gasteiger partial charge in [-0.2, -0.15) is 0 Å². The summed E-state index contributed by atoms with van der Waals surface area (Å²) in [5.74, 6) is -0.458. The number of fused-ring (bicyclic) bond motifs is 1. The number of hydrogen-bond donors (Lipinski definition) is 1. The minimum Gasteiger partial charge on any atom is -0.315 e.